The number of nitrogens with one attached hydrogen (secondary N) is 1. The Balaban J connectivity index is 4.13. The number of carbonyl (C=O) groups is 2. The van der Waals surface area contributed by atoms with Crippen LogP contribution < -0.4 is 5.32 Å². The van der Waals surface area contributed by atoms with Crippen LogP contribution in [-0.4, -0.2) is 31.8 Å². The number of carbonyl (C=O) groups excluding carboxylic acids is 2. The van der Waals surface area contributed by atoms with Crippen molar-refractivity contribution in [2.24, 2.45) is 11.8 Å². The lowest BCUT2D eigenvalue weighted by molar-refractivity contribution is -0.144. The van der Waals surface area contributed by atoms with Crippen LogP contribution in [-0.2, 0) is 14.3 Å². The Morgan fingerprint density at radius 3 is 2.22 bits per heavy atom. The quantitative estimate of drug-likeness (QED) is 0.680. The molecule has 1 N–H and O–H groups in total. The SMILES string of the molecule is CCOC(=O)C[C@@H](CNC(=O)OCC)CC(C)C. The van der Waals surface area contributed by atoms with Gasteiger partial charge in [-0.1, -0.05) is 13.8 Å². The van der Waals surface area contributed by atoms with Gasteiger partial charge in [-0.3, -0.25) is 4.79 Å². The van der Waals surface area contributed by atoms with Gasteiger partial charge in [-0.25, -0.2) is 4.79 Å². The smallest absolute Gasteiger partial charge is 0.407 e. The fourth-order valence-corrected chi connectivity index (χ4v) is 1.77. The van der Waals surface area contributed by atoms with E-state index in [0.29, 0.717) is 32.1 Å². The molecule has 0 rings (SSSR count). The lowest BCUT2D eigenvalue weighted by atomic mass is 9.94. The summed E-state index contributed by atoms with van der Waals surface area (Å²) in [6, 6.07) is 0. The largest absolute Gasteiger partial charge is 0.466 e. The molecule has 0 aliphatic rings. The van der Waals surface area contributed by atoms with Crippen molar-refractivity contribution < 1.29 is 19.1 Å². The highest BCUT2D eigenvalue weighted by molar-refractivity contribution is 5.70. The maximum absolute atomic E-state index is 11.4. The zero-order valence-electron chi connectivity index (χ0n) is 11.8. The summed E-state index contributed by atoms with van der Waals surface area (Å²) in [6.07, 6.45) is 0.763. The molecule has 0 aromatic heterocycles. The van der Waals surface area contributed by atoms with Gasteiger partial charge in [0.1, 0.15) is 0 Å². The van der Waals surface area contributed by atoms with E-state index in [1.165, 1.54) is 0 Å². The Kier molecular flexibility index (Phi) is 9.06. The Labute approximate surface area is 109 Å². The zero-order chi connectivity index (χ0) is 14.0. The van der Waals surface area contributed by atoms with E-state index in [4.69, 9.17) is 9.47 Å². The molecule has 0 fully saturated rings. The van der Waals surface area contributed by atoms with Gasteiger partial charge in [0.25, 0.3) is 0 Å². The Hall–Kier alpha value is -1.26. The molecule has 0 heterocycles. The molecule has 5 heteroatoms. The van der Waals surface area contributed by atoms with Gasteiger partial charge in [-0.15, -0.1) is 0 Å². The van der Waals surface area contributed by atoms with Gasteiger partial charge in [-0.2, -0.15) is 0 Å². The van der Waals surface area contributed by atoms with Crippen LogP contribution >= 0.6 is 0 Å². The van der Waals surface area contributed by atoms with E-state index in [1.54, 1.807) is 13.8 Å². The van der Waals surface area contributed by atoms with Crippen LogP contribution in [0, 0.1) is 11.8 Å². The predicted molar refractivity (Wildman–Crippen MR) is 69.2 cm³/mol. The second kappa shape index (κ2) is 9.74. The molecule has 0 bridgehead atoms. The summed E-state index contributed by atoms with van der Waals surface area (Å²) < 4.78 is 9.71. The second-order valence-electron chi connectivity index (χ2n) is 4.61. The summed E-state index contributed by atoms with van der Waals surface area (Å²) in [5, 5.41) is 2.67. The molecule has 18 heavy (non-hydrogen) atoms. The lowest BCUT2D eigenvalue weighted by Gasteiger charge is -2.18. The number of hydrogen-bond acceptors (Lipinski definition) is 4. The molecule has 1 atom stereocenters. The van der Waals surface area contributed by atoms with Crippen LogP contribution in [0.25, 0.3) is 0 Å². The van der Waals surface area contributed by atoms with Gasteiger partial charge < -0.3 is 14.8 Å². The van der Waals surface area contributed by atoms with Gasteiger partial charge >= 0.3 is 12.1 Å². The summed E-state index contributed by atoms with van der Waals surface area (Å²) in [4.78, 5) is 22.6. The third-order valence-corrected chi connectivity index (χ3v) is 2.38. The molecule has 5 nitrogen and oxygen atoms in total. The summed E-state index contributed by atoms with van der Waals surface area (Å²) in [7, 11) is 0. The average molecular weight is 259 g/mol. The highest BCUT2D eigenvalue weighted by Crippen LogP contribution is 2.15. The fraction of sp³-hybridized carbons (Fsp3) is 0.846. The molecule has 106 valence electrons. The molecule has 0 aromatic carbocycles. The maximum atomic E-state index is 11.4. The minimum Gasteiger partial charge on any atom is -0.466 e. The van der Waals surface area contributed by atoms with Crippen LogP contribution in [0.1, 0.15) is 40.5 Å². The molecule has 0 aliphatic heterocycles. The first kappa shape index (κ1) is 16.7. The van der Waals surface area contributed by atoms with Crippen molar-refractivity contribution in [1.82, 2.24) is 5.32 Å². The van der Waals surface area contributed by atoms with Crippen molar-refractivity contribution >= 4 is 12.1 Å². The Bertz CT molecular complexity index is 253. The maximum Gasteiger partial charge on any atom is 0.407 e. The molecule has 0 saturated heterocycles. The van der Waals surface area contributed by atoms with E-state index in [1.807, 2.05) is 0 Å². The van der Waals surface area contributed by atoms with Crippen molar-refractivity contribution in [3.8, 4) is 0 Å². The van der Waals surface area contributed by atoms with E-state index in [0.717, 1.165) is 6.42 Å². The number of alkyl carbamates (subject to hydrolysis) is 1. The van der Waals surface area contributed by atoms with Crippen LogP contribution in [0.3, 0.4) is 0 Å². The van der Waals surface area contributed by atoms with E-state index in [9.17, 15) is 9.59 Å². The molecular weight excluding hydrogens is 234 g/mol. The Morgan fingerprint density at radius 2 is 1.72 bits per heavy atom. The normalized spacial score (nSPS) is 12.1. The third-order valence-electron chi connectivity index (χ3n) is 2.38. The standard InChI is InChI=1S/C13H25NO4/c1-5-17-12(15)8-11(7-10(3)4)9-14-13(16)18-6-2/h10-11H,5-9H2,1-4H3,(H,14,16)/t11-/m0/s1. The van der Waals surface area contributed by atoms with Crippen molar-refractivity contribution in [2.75, 3.05) is 19.8 Å². The number of amides is 1. The average Bonchev–Trinajstić information content (AvgIpc) is 2.26. The second-order valence-corrected chi connectivity index (χ2v) is 4.61. The van der Waals surface area contributed by atoms with Gasteiger partial charge in [-0.05, 0) is 32.1 Å². The minimum atomic E-state index is -0.435. The number of ether oxygens (including phenoxy) is 2. The highest BCUT2D eigenvalue weighted by Gasteiger charge is 2.17. The first-order valence-corrected chi connectivity index (χ1v) is 6.55. The van der Waals surface area contributed by atoms with Crippen LogP contribution in [0.2, 0.25) is 0 Å². The molecule has 0 aromatic rings. The van der Waals surface area contributed by atoms with Gasteiger partial charge in [0, 0.05) is 6.54 Å². The van der Waals surface area contributed by atoms with Crippen molar-refractivity contribution in [1.29, 1.82) is 0 Å². The lowest BCUT2D eigenvalue weighted by Crippen LogP contribution is -2.31. The molecule has 0 radical (unpaired) electrons. The number of esters is 1. The third kappa shape index (κ3) is 8.84. The van der Waals surface area contributed by atoms with Gasteiger partial charge in [0.2, 0.25) is 0 Å². The van der Waals surface area contributed by atoms with Crippen molar-refractivity contribution in [3.05, 3.63) is 0 Å². The van der Waals surface area contributed by atoms with Crippen LogP contribution in [0.15, 0.2) is 0 Å². The fourth-order valence-electron chi connectivity index (χ4n) is 1.77. The van der Waals surface area contributed by atoms with Crippen molar-refractivity contribution in [2.45, 2.75) is 40.5 Å². The highest BCUT2D eigenvalue weighted by atomic mass is 16.5. The van der Waals surface area contributed by atoms with Gasteiger partial charge in [0.05, 0.1) is 19.6 Å². The van der Waals surface area contributed by atoms with E-state index < -0.39 is 6.09 Å². The van der Waals surface area contributed by atoms with Crippen LogP contribution in [0.4, 0.5) is 4.79 Å². The van der Waals surface area contributed by atoms with E-state index in [2.05, 4.69) is 19.2 Å². The molecule has 0 spiro atoms. The number of hydrogen-bond donors (Lipinski definition) is 1. The van der Waals surface area contributed by atoms with Crippen molar-refractivity contribution in [3.63, 3.8) is 0 Å². The predicted octanol–water partition coefficient (Wildman–Crippen LogP) is 2.35. The molecule has 0 saturated carbocycles. The monoisotopic (exact) mass is 259 g/mol. The molecule has 0 unspecified atom stereocenters. The van der Waals surface area contributed by atoms with E-state index >= 15 is 0 Å². The Morgan fingerprint density at radius 1 is 1.11 bits per heavy atom. The molecule has 1 amide bonds. The zero-order valence-corrected chi connectivity index (χ0v) is 11.8. The van der Waals surface area contributed by atoms with Crippen LogP contribution in [0.5, 0.6) is 0 Å². The molecular formula is C13H25NO4. The first-order chi connectivity index (χ1) is 8.49. The summed E-state index contributed by atoms with van der Waals surface area (Å²) >= 11 is 0. The topological polar surface area (TPSA) is 64.6 Å². The van der Waals surface area contributed by atoms with Gasteiger partial charge in [0.15, 0.2) is 0 Å². The summed E-state index contributed by atoms with van der Waals surface area (Å²) in [6.45, 7) is 8.88. The first-order valence-electron chi connectivity index (χ1n) is 6.55. The number of rotatable bonds is 8. The minimum absolute atomic E-state index is 0.0912. The molecule has 0 aliphatic carbocycles. The summed E-state index contributed by atoms with van der Waals surface area (Å²) in [5.74, 6) is 0.343. The van der Waals surface area contributed by atoms with E-state index in [-0.39, 0.29) is 11.9 Å². The summed E-state index contributed by atoms with van der Waals surface area (Å²) in [5.41, 5.74) is 0.